The Balaban J connectivity index is 0.00000338. The molecule has 142 valence electrons. The van der Waals surface area contributed by atoms with Crippen molar-refractivity contribution in [3.8, 4) is 5.75 Å². The summed E-state index contributed by atoms with van der Waals surface area (Å²) >= 11 is 0. The Kier molecular flexibility index (Phi) is 9.40. The third-order valence-corrected chi connectivity index (χ3v) is 4.11. The van der Waals surface area contributed by atoms with E-state index in [2.05, 4.69) is 21.7 Å². The number of ether oxygens (including phenoxy) is 1. The summed E-state index contributed by atoms with van der Waals surface area (Å²) in [6.45, 7) is 4.48. The summed E-state index contributed by atoms with van der Waals surface area (Å²) in [7, 11) is 3.39. The van der Waals surface area contributed by atoms with Gasteiger partial charge in [-0.2, -0.15) is 0 Å². The molecule has 2 rings (SSSR count). The molecule has 2 aromatic carbocycles. The van der Waals surface area contributed by atoms with E-state index in [0.717, 1.165) is 24.3 Å². The number of aliphatic imine (C=N–C) groups is 1. The monoisotopic (exact) mass is 471 g/mol. The number of nitrogens with zero attached hydrogens (tertiary/aromatic N) is 1. The predicted molar refractivity (Wildman–Crippen MR) is 116 cm³/mol. The minimum atomic E-state index is -0.188. The molecular weight excluding hydrogens is 444 g/mol. The molecule has 0 aliphatic carbocycles. The summed E-state index contributed by atoms with van der Waals surface area (Å²) in [5.41, 5.74) is 2.73. The summed E-state index contributed by atoms with van der Waals surface area (Å²) in [6.07, 6.45) is 0.853. The van der Waals surface area contributed by atoms with Crippen LogP contribution in [0.1, 0.15) is 29.7 Å². The molecule has 0 aliphatic heterocycles. The fourth-order valence-electron chi connectivity index (χ4n) is 2.51. The highest BCUT2D eigenvalue weighted by molar-refractivity contribution is 14.0. The quantitative estimate of drug-likeness (QED) is 0.377. The van der Waals surface area contributed by atoms with E-state index >= 15 is 0 Å². The molecule has 26 heavy (non-hydrogen) atoms. The van der Waals surface area contributed by atoms with E-state index in [9.17, 15) is 4.39 Å². The van der Waals surface area contributed by atoms with Gasteiger partial charge in [-0.1, -0.05) is 24.3 Å². The maximum atomic E-state index is 13.7. The first-order valence-corrected chi connectivity index (χ1v) is 8.39. The van der Waals surface area contributed by atoms with Gasteiger partial charge in [0.15, 0.2) is 5.96 Å². The normalized spacial score (nSPS) is 12.1. The van der Waals surface area contributed by atoms with Crippen molar-refractivity contribution in [2.75, 3.05) is 20.7 Å². The molecular formula is C20H27FIN3O. The van der Waals surface area contributed by atoms with Crippen molar-refractivity contribution in [1.82, 2.24) is 10.6 Å². The predicted octanol–water partition coefficient (Wildman–Crippen LogP) is 4.23. The van der Waals surface area contributed by atoms with Crippen LogP contribution in [0.15, 0.2) is 47.5 Å². The minimum absolute atomic E-state index is 0. The second-order valence-corrected chi connectivity index (χ2v) is 5.98. The SMILES string of the molecule is CN=C(NCCc1cccc(OC)c1)NC(C)c1ccc(C)c(F)c1.I. The molecule has 0 bridgehead atoms. The van der Waals surface area contributed by atoms with Crippen molar-refractivity contribution >= 4 is 29.9 Å². The summed E-state index contributed by atoms with van der Waals surface area (Å²) in [6, 6.07) is 13.2. The first kappa shape index (κ1) is 22.2. The van der Waals surface area contributed by atoms with Gasteiger partial charge in [0.2, 0.25) is 0 Å². The average Bonchev–Trinajstić information content (AvgIpc) is 2.63. The van der Waals surface area contributed by atoms with E-state index in [1.54, 1.807) is 33.2 Å². The average molecular weight is 471 g/mol. The van der Waals surface area contributed by atoms with E-state index in [1.807, 2.05) is 31.2 Å². The highest BCUT2D eigenvalue weighted by Crippen LogP contribution is 2.16. The summed E-state index contributed by atoms with van der Waals surface area (Å²) in [5, 5.41) is 6.57. The van der Waals surface area contributed by atoms with Gasteiger partial charge in [0.05, 0.1) is 13.2 Å². The smallest absolute Gasteiger partial charge is 0.191 e. The fourth-order valence-corrected chi connectivity index (χ4v) is 2.51. The van der Waals surface area contributed by atoms with Crippen LogP contribution in [0.2, 0.25) is 0 Å². The van der Waals surface area contributed by atoms with Crippen LogP contribution in [0.3, 0.4) is 0 Å². The molecule has 0 aromatic heterocycles. The number of methoxy groups -OCH3 is 1. The van der Waals surface area contributed by atoms with Gasteiger partial charge in [-0.3, -0.25) is 4.99 Å². The molecule has 0 saturated carbocycles. The third kappa shape index (κ3) is 6.48. The van der Waals surface area contributed by atoms with Crippen molar-refractivity contribution in [2.45, 2.75) is 26.3 Å². The Morgan fingerprint density at radius 2 is 2.00 bits per heavy atom. The zero-order valence-corrected chi connectivity index (χ0v) is 18.0. The van der Waals surface area contributed by atoms with E-state index < -0.39 is 0 Å². The van der Waals surface area contributed by atoms with Gasteiger partial charge in [0, 0.05) is 13.6 Å². The number of rotatable bonds is 6. The molecule has 1 unspecified atom stereocenters. The molecule has 0 amide bonds. The molecule has 0 saturated heterocycles. The summed E-state index contributed by atoms with van der Waals surface area (Å²) < 4.78 is 19.0. The lowest BCUT2D eigenvalue weighted by Crippen LogP contribution is -2.39. The van der Waals surface area contributed by atoms with Crippen molar-refractivity contribution in [3.63, 3.8) is 0 Å². The van der Waals surface area contributed by atoms with Crippen molar-refractivity contribution in [2.24, 2.45) is 4.99 Å². The maximum absolute atomic E-state index is 13.7. The molecule has 4 nitrogen and oxygen atoms in total. The van der Waals surface area contributed by atoms with E-state index in [4.69, 9.17) is 4.74 Å². The van der Waals surface area contributed by atoms with Gasteiger partial charge >= 0.3 is 0 Å². The molecule has 0 spiro atoms. The largest absolute Gasteiger partial charge is 0.497 e. The molecule has 1 atom stereocenters. The Morgan fingerprint density at radius 1 is 1.23 bits per heavy atom. The molecule has 0 radical (unpaired) electrons. The number of hydrogen-bond donors (Lipinski definition) is 2. The maximum Gasteiger partial charge on any atom is 0.191 e. The Bertz CT molecular complexity index is 737. The first-order valence-electron chi connectivity index (χ1n) is 8.39. The van der Waals surface area contributed by atoms with Crippen LogP contribution in [0.25, 0.3) is 0 Å². The number of hydrogen-bond acceptors (Lipinski definition) is 2. The number of benzene rings is 2. The van der Waals surface area contributed by atoms with Crippen LogP contribution >= 0.6 is 24.0 Å². The molecule has 0 heterocycles. The number of guanidine groups is 1. The van der Waals surface area contributed by atoms with E-state index in [1.165, 1.54) is 5.56 Å². The van der Waals surface area contributed by atoms with E-state index in [-0.39, 0.29) is 35.8 Å². The minimum Gasteiger partial charge on any atom is -0.497 e. The van der Waals surface area contributed by atoms with E-state index in [0.29, 0.717) is 11.5 Å². The number of nitrogens with one attached hydrogen (secondary N) is 2. The third-order valence-electron chi connectivity index (χ3n) is 4.11. The zero-order chi connectivity index (χ0) is 18.2. The molecule has 2 N–H and O–H groups in total. The second kappa shape index (κ2) is 11.0. The van der Waals surface area contributed by atoms with Crippen molar-refractivity contribution in [3.05, 3.63) is 65.0 Å². The van der Waals surface area contributed by atoms with Crippen LogP contribution in [0, 0.1) is 12.7 Å². The first-order chi connectivity index (χ1) is 12.0. The summed E-state index contributed by atoms with van der Waals surface area (Å²) in [5.74, 6) is 1.36. The van der Waals surface area contributed by atoms with Crippen molar-refractivity contribution < 1.29 is 9.13 Å². The lowest BCUT2D eigenvalue weighted by Gasteiger charge is -2.18. The Morgan fingerprint density at radius 3 is 2.65 bits per heavy atom. The molecule has 2 aromatic rings. The number of halogens is 2. The Labute approximate surface area is 172 Å². The number of aryl methyl sites for hydroxylation is 1. The lowest BCUT2D eigenvalue weighted by molar-refractivity contribution is 0.414. The van der Waals surface area contributed by atoms with Gasteiger partial charge in [-0.15, -0.1) is 24.0 Å². The van der Waals surface area contributed by atoms with Crippen molar-refractivity contribution in [1.29, 1.82) is 0 Å². The lowest BCUT2D eigenvalue weighted by atomic mass is 10.1. The van der Waals surface area contributed by atoms with Crippen LogP contribution in [0.5, 0.6) is 5.75 Å². The molecule has 6 heteroatoms. The van der Waals surface area contributed by atoms with Crippen LogP contribution in [0.4, 0.5) is 4.39 Å². The molecule has 0 fully saturated rings. The Hall–Kier alpha value is -1.83. The van der Waals surface area contributed by atoms with Gasteiger partial charge < -0.3 is 15.4 Å². The highest BCUT2D eigenvalue weighted by atomic mass is 127. The fraction of sp³-hybridized carbons (Fsp3) is 0.350. The summed E-state index contributed by atoms with van der Waals surface area (Å²) in [4.78, 5) is 4.23. The van der Waals surface area contributed by atoms with Crippen LogP contribution < -0.4 is 15.4 Å². The van der Waals surface area contributed by atoms with Crippen LogP contribution in [-0.2, 0) is 6.42 Å². The van der Waals surface area contributed by atoms with Gasteiger partial charge in [0.1, 0.15) is 11.6 Å². The van der Waals surface area contributed by atoms with Gasteiger partial charge in [-0.05, 0) is 55.2 Å². The second-order valence-electron chi connectivity index (χ2n) is 5.98. The molecule has 0 aliphatic rings. The van der Waals surface area contributed by atoms with Gasteiger partial charge in [-0.25, -0.2) is 4.39 Å². The van der Waals surface area contributed by atoms with Gasteiger partial charge in [0.25, 0.3) is 0 Å². The highest BCUT2D eigenvalue weighted by Gasteiger charge is 2.09. The topological polar surface area (TPSA) is 45.7 Å². The zero-order valence-electron chi connectivity index (χ0n) is 15.7. The van der Waals surface area contributed by atoms with Crippen LogP contribution in [-0.4, -0.2) is 26.7 Å². The standard InChI is InChI=1S/C20H26FN3O.HI/c1-14-8-9-17(13-19(14)21)15(2)24-20(22-3)23-11-10-16-6-5-7-18(12-16)25-4;/h5-9,12-13,15H,10-11H2,1-4H3,(H2,22,23,24);1H.